The van der Waals surface area contributed by atoms with Crippen LogP contribution < -0.4 is 0 Å². The maximum atomic E-state index is 12.9. The lowest BCUT2D eigenvalue weighted by Gasteiger charge is -2.31. The van der Waals surface area contributed by atoms with Crippen LogP contribution in [0.25, 0.3) is 11.0 Å². The Morgan fingerprint density at radius 3 is 2.88 bits per heavy atom. The minimum Gasteiger partial charge on any atom is -0.379 e. The summed E-state index contributed by atoms with van der Waals surface area (Å²) < 4.78 is 13.3. The lowest BCUT2D eigenvalue weighted by atomic mass is 10.2. The SMILES string of the molecule is O=C(Cn1cnc2ccccc21)N1CCCO[C@@H](CN2CCOCC2)C1. The fourth-order valence-corrected chi connectivity index (χ4v) is 3.69. The van der Waals surface area contributed by atoms with Gasteiger partial charge >= 0.3 is 0 Å². The van der Waals surface area contributed by atoms with E-state index in [1.165, 1.54) is 0 Å². The molecule has 2 aliphatic heterocycles. The predicted octanol–water partition coefficient (Wildman–Crippen LogP) is 0.986. The minimum atomic E-state index is 0.0686. The fraction of sp³-hybridized carbons (Fsp3) is 0.579. The summed E-state index contributed by atoms with van der Waals surface area (Å²) in [6, 6.07) is 7.91. The number of carbonyl (C=O) groups is 1. The first kappa shape index (κ1) is 17.5. The van der Waals surface area contributed by atoms with Crippen molar-refractivity contribution in [2.75, 3.05) is 52.5 Å². The molecular formula is C19H26N4O3. The summed E-state index contributed by atoms with van der Waals surface area (Å²) >= 11 is 0. The van der Waals surface area contributed by atoms with Gasteiger partial charge in [-0.25, -0.2) is 4.98 Å². The van der Waals surface area contributed by atoms with E-state index in [9.17, 15) is 4.79 Å². The van der Waals surface area contributed by atoms with Gasteiger partial charge in [-0.3, -0.25) is 9.69 Å². The predicted molar refractivity (Wildman–Crippen MR) is 97.9 cm³/mol. The van der Waals surface area contributed by atoms with Crippen molar-refractivity contribution >= 4 is 16.9 Å². The highest BCUT2D eigenvalue weighted by Crippen LogP contribution is 2.14. The van der Waals surface area contributed by atoms with Crippen LogP contribution in [0.1, 0.15) is 6.42 Å². The lowest BCUT2D eigenvalue weighted by Crippen LogP contribution is -2.46. The second-order valence-electron chi connectivity index (χ2n) is 6.96. The van der Waals surface area contributed by atoms with Gasteiger partial charge in [-0.05, 0) is 18.6 Å². The van der Waals surface area contributed by atoms with Crippen LogP contribution in [0, 0.1) is 0 Å². The minimum absolute atomic E-state index is 0.0686. The third kappa shape index (κ3) is 4.06. The first-order chi connectivity index (χ1) is 12.8. The number of hydrogen-bond donors (Lipinski definition) is 0. The molecule has 1 aromatic heterocycles. The van der Waals surface area contributed by atoms with Gasteiger partial charge in [-0.2, -0.15) is 0 Å². The Bertz CT molecular complexity index is 741. The highest BCUT2D eigenvalue weighted by atomic mass is 16.5. The lowest BCUT2D eigenvalue weighted by molar-refractivity contribution is -0.132. The molecule has 2 aromatic rings. The standard InChI is InChI=1S/C19H26N4O3/c24-19(14-23-15-20-17-4-1-2-5-18(17)23)22-6-3-9-26-16(13-22)12-21-7-10-25-11-8-21/h1-2,4-5,15-16H,3,6-14H2/t16-/m0/s1. The molecule has 0 bridgehead atoms. The van der Waals surface area contributed by atoms with Gasteiger partial charge in [0.25, 0.3) is 0 Å². The highest BCUT2D eigenvalue weighted by molar-refractivity contribution is 5.80. The maximum Gasteiger partial charge on any atom is 0.242 e. The molecule has 1 amide bonds. The van der Waals surface area contributed by atoms with Gasteiger partial charge < -0.3 is 18.9 Å². The molecule has 0 N–H and O–H groups in total. The zero-order valence-corrected chi connectivity index (χ0v) is 15.0. The largest absolute Gasteiger partial charge is 0.379 e. The van der Waals surface area contributed by atoms with Crippen molar-refractivity contribution in [3.05, 3.63) is 30.6 Å². The number of morpholine rings is 1. The van der Waals surface area contributed by atoms with Crippen molar-refractivity contribution in [3.63, 3.8) is 0 Å². The first-order valence-corrected chi connectivity index (χ1v) is 9.39. The summed E-state index contributed by atoms with van der Waals surface area (Å²) in [5.41, 5.74) is 1.92. The number of carbonyl (C=O) groups excluding carboxylic acids is 1. The van der Waals surface area contributed by atoms with Crippen molar-refractivity contribution in [2.45, 2.75) is 19.1 Å². The summed E-state index contributed by atoms with van der Waals surface area (Å²) in [5.74, 6) is 0.130. The molecule has 7 heteroatoms. The van der Waals surface area contributed by atoms with Crippen molar-refractivity contribution in [3.8, 4) is 0 Å². The highest BCUT2D eigenvalue weighted by Gasteiger charge is 2.25. The molecule has 0 unspecified atom stereocenters. The van der Waals surface area contributed by atoms with Crippen LogP contribution >= 0.6 is 0 Å². The van der Waals surface area contributed by atoms with Crippen molar-refractivity contribution < 1.29 is 14.3 Å². The van der Waals surface area contributed by atoms with Gasteiger partial charge in [0.2, 0.25) is 5.91 Å². The Morgan fingerprint density at radius 1 is 1.15 bits per heavy atom. The van der Waals surface area contributed by atoms with Crippen LogP contribution in [-0.4, -0.2) is 83.9 Å². The maximum absolute atomic E-state index is 12.9. The number of amides is 1. The Morgan fingerprint density at radius 2 is 2.00 bits per heavy atom. The Kier molecular flexibility index (Phi) is 5.48. The van der Waals surface area contributed by atoms with Crippen LogP contribution in [0.5, 0.6) is 0 Å². The number of nitrogens with zero attached hydrogens (tertiary/aromatic N) is 4. The van der Waals surface area contributed by atoms with E-state index >= 15 is 0 Å². The molecule has 26 heavy (non-hydrogen) atoms. The van der Waals surface area contributed by atoms with E-state index < -0.39 is 0 Å². The summed E-state index contributed by atoms with van der Waals surface area (Å²) in [7, 11) is 0. The molecule has 7 nitrogen and oxygen atoms in total. The molecule has 2 aliphatic rings. The number of imidazole rings is 1. The van der Waals surface area contributed by atoms with Gasteiger partial charge in [-0.1, -0.05) is 12.1 Å². The molecule has 2 fully saturated rings. The molecule has 1 aromatic carbocycles. The third-order valence-corrected chi connectivity index (χ3v) is 5.10. The summed E-state index contributed by atoms with van der Waals surface area (Å²) in [5, 5.41) is 0. The van der Waals surface area contributed by atoms with Crippen LogP contribution in [0.3, 0.4) is 0 Å². The van der Waals surface area contributed by atoms with Crippen LogP contribution in [-0.2, 0) is 20.8 Å². The normalized spacial score (nSPS) is 22.5. The van der Waals surface area contributed by atoms with Crippen molar-refractivity contribution in [1.82, 2.24) is 19.4 Å². The topological polar surface area (TPSA) is 59.8 Å². The molecule has 2 saturated heterocycles. The van der Waals surface area contributed by atoms with Crippen LogP contribution in [0.15, 0.2) is 30.6 Å². The fourth-order valence-electron chi connectivity index (χ4n) is 3.69. The summed E-state index contributed by atoms with van der Waals surface area (Å²) in [4.78, 5) is 21.6. The van der Waals surface area contributed by atoms with E-state index in [1.54, 1.807) is 6.33 Å². The first-order valence-electron chi connectivity index (χ1n) is 9.39. The zero-order chi connectivity index (χ0) is 17.8. The molecule has 3 heterocycles. The number of benzene rings is 1. The molecule has 0 spiro atoms. The molecular weight excluding hydrogens is 332 g/mol. The van der Waals surface area contributed by atoms with Crippen LogP contribution in [0.4, 0.5) is 0 Å². The van der Waals surface area contributed by atoms with Gasteiger partial charge in [0.15, 0.2) is 0 Å². The van der Waals surface area contributed by atoms with Crippen LogP contribution in [0.2, 0.25) is 0 Å². The monoisotopic (exact) mass is 358 g/mol. The third-order valence-electron chi connectivity index (χ3n) is 5.10. The molecule has 0 aliphatic carbocycles. The Labute approximate surface area is 153 Å². The van der Waals surface area contributed by atoms with E-state index in [4.69, 9.17) is 9.47 Å². The van der Waals surface area contributed by atoms with Gasteiger partial charge in [0.05, 0.1) is 36.7 Å². The van der Waals surface area contributed by atoms with E-state index in [0.29, 0.717) is 19.7 Å². The Hall–Kier alpha value is -1.96. The Balaban J connectivity index is 1.39. The quantitative estimate of drug-likeness (QED) is 0.816. The van der Waals surface area contributed by atoms with E-state index in [2.05, 4.69) is 9.88 Å². The number of para-hydroxylation sites is 2. The van der Waals surface area contributed by atoms with Gasteiger partial charge in [0, 0.05) is 39.3 Å². The molecule has 140 valence electrons. The number of ether oxygens (including phenoxy) is 2. The molecule has 0 saturated carbocycles. The zero-order valence-electron chi connectivity index (χ0n) is 15.0. The molecule has 4 rings (SSSR count). The number of rotatable bonds is 4. The average molecular weight is 358 g/mol. The van der Waals surface area contributed by atoms with E-state index in [-0.39, 0.29) is 12.0 Å². The number of aromatic nitrogens is 2. The van der Waals surface area contributed by atoms with Crippen molar-refractivity contribution in [1.29, 1.82) is 0 Å². The van der Waals surface area contributed by atoms with E-state index in [0.717, 1.165) is 56.8 Å². The van der Waals surface area contributed by atoms with E-state index in [1.807, 2.05) is 33.7 Å². The summed E-state index contributed by atoms with van der Waals surface area (Å²) in [6.45, 7) is 6.75. The molecule has 1 atom stereocenters. The van der Waals surface area contributed by atoms with Crippen molar-refractivity contribution in [2.24, 2.45) is 0 Å². The summed E-state index contributed by atoms with van der Waals surface area (Å²) in [6.07, 6.45) is 2.71. The number of hydrogen-bond acceptors (Lipinski definition) is 5. The van der Waals surface area contributed by atoms with Gasteiger partial charge in [-0.15, -0.1) is 0 Å². The second-order valence-corrected chi connectivity index (χ2v) is 6.96. The second kappa shape index (κ2) is 8.16. The van der Waals surface area contributed by atoms with Gasteiger partial charge in [0.1, 0.15) is 6.54 Å². The smallest absolute Gasteiger partial charge is 0.242 e. The average Bonchev–Trinajstić information content (AvgIpc) is 2.92. The molecule has 0 radical (unpaired) electrons. The number of fused-ring (bicyclic) bond motifs is 1.